The van der Waals surface area contributed by atoms with Crippen LogP contribution in [0.15, 0.2) is 53.9 Å². The number of allylic oxidation sites excluding steroid dienone is 1. The molecule has 0 saturated heterocycles. The lowest BCUT2D eigenvalue weighted by atomic mass is 9.93. The van der Waals surface area contributed by atoms with E-state index in [9.17, 15) is 5.11 Å². The van der Waals surface area contributed by atoms with Crippen LogP contribution >= 0.6 is 11.6 Å². The molecule has 23 heavy (non-hydrogen) atoms. The molecule has 0 radical (unpaired) electrons. The van der Waals surface area contributed by atoms with Gasteiger partial charge in [0.05, 0.1) is 0 Å². The fourth-order valence-electron chi connectivity index (χ4n) is 2.76. The zero-order chi connectivity index (χ0) is 16.6. The van der Waals surface area contributed by atoms with Crippen LogP contribution in [-0.2, 0) is 4.74 Å². The highest BCUT2D eigenvalue weighted by atomic mass is 35.5. The quantitative estimate of drug-likeness (QED) is 0.828. The lowest BCUT2D eigenvalue weighted by Crippen LogP contribution is -2.19. The summed E-state index contributed by atoms with van der Waals surface area (Å²) in [5.41, 5.74) is 3.93. The second-order valence-electron chi connectivity index (χ2n) is 5.67. The molecule has 0 saturated carbocycles. The number of nitrogens with zero attached hydrogens (tertiary/aromatic N) is 1. The van der Waals surface area contributed by atoms with Gasteiger partial charge in [0, 0.05) is 27.9 Å². The van der Waals surface area contributed by atoms with E-state index in [0.717, 1.165) is 11.1 Å². The average molecular weight is 328 g/mol. The Morgan fingerprint density at radius 2 is 1.96 bits per heavy atom. The average Bonchev–Trinajstić information content (AvgIpc) is 2.54. The Morgan fingerprint density at radius 1 is 1.17 bits per heavy atom. The summed E-state index contributed by atoms with van der Waals surface area (Å²) in [7, 11) is 0. The molecule has 3 nitrogen and oxygen atoms in total. The predicted octanol–water partition coefficient (Wildman–Crippen LogP) is 5.16. The van der Waals surface area contributed by atoms with Crippen molar-refractivity contribution >= 4 is 22.9 Å². The van der Waals surface area contributed by atoms with Gasteiger partial charge in [0.15, 0.2) is 5.76 Å². The van der Waals surface area contributed by atoms with E-state index in [-0.39, 0.29) is 11.9 Å². The van der Waals surface area contributed by atoms with Crippen molar-refractivity contribution in [1.82, 2.24) is 4.98 Å². The van der Waals surface area contributed by atoms with E-state index in [1.165, 1.54) is 0 Å². The topological polar surface area (TPSA) is 42.4 Å². The first-order valence-electron chi connectivity index (χ1n) is 7.48. The Kier molecular flexibility index (Phi) is 4.14. The number of hydrogen-bond donors (Lipinski definition) is 1. The molecule has 0 fully saturated rings. The molecule has 1 aromatic carbocycles. The van der Waals surface area contributed by atoms with Crippen LogP contribution in [0.25, 0.3) is 11.3 Å². The van der Waals surface area contributed by atoms with Crippen molar-refractivity contribution in [3.63, 3.8) is 0 Å². The Hall–Kier alpha value is -2.26. The third-order valence-corrected chi connectivity index (χ3v) is 4.28. The molecule has 0 aliphatic carbocycles. The minimum absolute atomic E-state index is 0.204. The molecular weight excluding hydrogens is 310 g/mol. The van der Waals surface area contributed by atoms with Crippen LogP contribution in [0.3, 0.4) is 0 Å². The third-order valence-electron chi connectivity index (χ3n) is 3.96. The molecule has 0 bridgehead atoms. The van der Waals surface area contributed by atoms with Gasteiger partial charge in [-0.2, -0.15) is 0 Å². The molecule has 3 rings (SSSR count). The van der Waals surface area contributed by atoms with Gasteiger partial charge < -0.3 is 9.84 Å². The molecule has 1 N–H and O–H groups in total. The fraction of sp³-hybridized carbons (Fsp3) is 0.211. The van der Waals surface area contributed by atoms with Gasteiger partial charge in [0.2, 0.25) is 0 Å². The molecule has 1 aliphatic heterocycles. The molecule has 1 aromatic heterocycles. The zero-order valence-corrected chi connectivity index (χ0v) is 14.1. The SMILES string of the molecule is CC1=C(c2ccccn2)OC(C)C(c2ccc(C)cc2Cl)=C1O. The number of aromatic nitrogens is 1. The van der Waals surface area contributed by atoms with E-state index in [2.05, 4.69) is 4.98 Å². The van der Waals surface area contributed by atoms with Gasteiger partial charge in [-0.3, -0.25) is 4.98 Å². The predicted molar refractivity (Wildman–Crippen MR) is 93.1 cm³/mol. The summed E-state index contributed by atoms with van der Waals surface area (Å²) < 4.78 is 6.05. The number of aliphatic hydroxyl groups is 1. The summed E-state index contributed by atoms with van der Waals surface area (Å²) in [4.78, 5) is 4.31. The summed E-state index contributed by atoms with van der Waals surface area (Å²) in [5.74, 6) is 0.803. The first-order chi connectivity index (χ1) is 11.0. The fourth-order valence-corrected chi connectivity index (χ4v) is 3.10. The van der Waals surface area contributed by atoms with E-state index >= 15 is 0 Å². The standard InChI is InChI=1S/C19H18ClNO2/c1-11-7-8-14(15(20)10-11)17-13(3)23-19(12(2)18(17)22)16-6-4-5-9-21-16/h4-10,13,22H,1-3H3. The monoisotopic (exact) mass is 327 g/mol. The van der Waals surface area contributed by atoms with Gasteiger partial charge in [-0.05, 0) is 44.5 Å². The maximum Gasteiger partial charge on any atom is 0.152 e. The van der Waals surface area contributed by atoms with E-state index in [0.29, 0.717) is 27.6 Å². The molecular formula is C19H18ClNO2. The van der Waals surface area contributed by atoms with Crippen molar-refractivity contribution in [2.75, 3.05) is 0 Å². The molecule has 0 spiro atoms. The zero-order valence-electron chi connectivity index (χ0n) is 13.3. The van der Waals surface area contributed by atoms with Crippen molar-refractivity contribution < 1.29 is 9.84 Å². The van der Waals surface area contributed by atoms with Crippen LogP contribution in [0.4, 0.5) is 0 Å². The lowest BCUT2D eigenvalue weighted by molar-refractivity contribution is 0.221. The van der Waals surface area contributed by atoms with Crippen molar-refractivity contribution in [1.29, 1.82) is 0 Å². The molecule has 2 heterocycles. The van der Waals surface area contributed by atoms with E-state index in [4.69, 9.17) is 16.3 Å². The number of ether oxygens (including phenoxy) is 1. The Balaban J connectivity index is 2.15. The third kappa shape index (κ3) is 2.84. The summed E-state index contributed by atoms with van der Waals surface area (Å²) in [6, 6.07) is 11.4. The summed E-state index contributed by atoms with van der Waals surface area (Å²) in [5, 5.41) is 11.3. The van der Waals surface area contributed by atoms with Gasteiger partial charge >= 0.3 is 0 Å². The highest BCUT2D eigenvalue weighted by molar-refractivity contribution is 6.32. The Morgan fingerprint density at radius 3 is 2.61 bits per heavy atom. The van der Waals surface area contributed by atoms with Crippen LogP contribution in [0.1, 0.15) is 30.7 Å². The largest absolute Gasteiger partial charge is 0.507 e. The second-order valence-corrected chi connectivity index (χ2v) is 6.08. The van der Waals surface area contributed by atoms with E-state index < -0.39 is 0 Å². The van der Waals surface area contributed by atoms with Gasteiger partial charge in [0.1, 0.15) is 17.6 Å². The van der Waals surface area contributed by atoms with Crippen molar-refractivity contribution in [3.05, 3.63) is 75.8 Å². The molecule has 118 valence electrons. The van der Waals surface area contributed by atoms with Gasteiger partial charge in [-0.15, -0.1) is 0 Å². The number of hydrogen-bond acceptors (Lipinski definition) is 3. The minimum Gasteiger partial charge on any atom is -0.507 e. The van der Waals surface area contributed by atoms with Gasteiger partial charge in [-0.25, -0.2) is 0 Å². The summed E-state index contributed by atoms with van der Waals surface area (Å²) in [6.45, 7) is 5.71. The number of benzene rings is 1. The van der Waals surface area contributed by atoms with Crippen LogP contribution < -0.4 is 0 Å². The first kappa shape index (κ1) is 15.6. The van der Waals surface area contributed by atoms with Crippen LogP contribution in [-0.4, -0.2) is 16.2 Å². The number of aliphatic hydroxyl groups excluding tert-OH is 1. The van der Waals surface area contributed by atoms with Gasteiger partial charge in [-0.1, -0.05) is 29.8 Å². The highest BCUT2D eigenvalue weighted by Crippen LogP contribution is 2.39. The van der Waals surface area contributed by atoms with Crippen LogP contribution in [0.2, 0.25) is 5.02 Å². The number of rotatable bonds is 2. The van der Waals surface area contributed by atoms with E-state index in [1.807, 2.05) is 57.2 Å². The Labute approximate surface area is 140 Å². The molecule has 1 atom stereocenters. The summed E-state index contributed by atoms with van der Waals surface area (Å²) >= 11 is 6.37. The molecule has 2 aromatic rings. The number of pyridine rings is 1. The smallest absolute Gasteiger partial charge is 0.152 e. The molecule has 1 unspecified atom stereocenters. The van der Waals surface area contributed by atoms with Crippen molar-refractivity contribution in [3.8, 4) is 0 Å². The maximum atomic E-state index is 10.7. The van der Waals surface area contributed by atoms with Crippen molar-refractivity contribution in [2.45, 2.75) is 26.9 Å². The van der Waals surface area contributed by atoms with Crippen LogP contribution in [0.5, 0.6) is 0 Å². The molecule has 0 amide bonds. The van der Waals surface area contributed by atoms with Crippen molar-refractivity contribution in [2.24, 2.45) is 0 Å². The second kappa shape index (κ2) is 6.09. The number of halogens is 1. The first-order valence-corrected chi connectivity index (χ1v) is 7.85. The molecule has 1 aliphatic rings. The van der Waals surface area contributed by atoms with E-state index in [1.54, 1.807) is 6.20 Å². The number of aryl methyl sites for hydroxylation is 1. The normalized spacial score (nSPS) is 18.2. The maximum absolute atomic E-state index is 10.7. The lowest BCUT2D eigenvalue weighted by Gasteiger charge is -2.28. The highest BCUT2D eigenvalue weighted by Gasteiger charge is 2.29. The Bertz CT molecular complexity index is 809. The minimum atomic E-state index is -0.323. The molecule has 4 heteroatoms. The van der Waals surface area contributed by atoms with Gasteiger partial charge in [0.25, 0.3) is 0 Å². The summed E-state index contributed by atoms with van der Waals surface area (Å²) in [6.07, 6.45) is 1.38. The van der Waals surface area contributed by atoms with Crippen LogP contribution in [0, 0.1) is 6.92 Å².